The van der Waals surface area contributed by atoms with Gasteiger partial charge in [0.25, 0.3) is 17.0 Å². The Labute approximate surface area is 186 Å². The maximum atomic E-state index is 14.2. The van der Waals surface area contributed by atoms with Crippen LogP contribution in [0.25, 0.3) is 0 Å². The highest BCUT2D eigenvalue weighted by atomic mass is 35.5. The van der Waals surface area contributed by atoms with Crippen LogP contribution in [0.5, 0.6) is 11.5 Å². The summed E-state index contributed by atoms with van der Waals surface area (Å²) in [5.41, 5.74) is -1.25. The number of hydrogen-bond donors (Lipinski definition) is 1. The van der Waals surface area contributed by atoms with Crippen LogP contribution >= 0.6 is 11.6 Å². The van der Waals surface area contributed by atoms with Crippen molar-refractivity contribution in [3.05, 3.63) is 78.1 Å². The van der Waals surface area contributed by atoms with Gasteiger partial charge >= 0.3 is 0 Å². The van der Waals surface area contributed by atoms with Crippen LogP contribution in [0.3, 0.4) is 0 Å². The van der Waals surface area contributed by atoms with E-state index in [2.05, 4.69) is 15.0 Å². The smallest absolute Gasteiger partial charge is 0.297 e. The van der Waals surface area contributed by atoms with Crippen molar-refractivity contribution in [3.63, 3.8) is 0 Å². The Bertz CT molecular complexity index is 1370. The summed E-state index contributed by atoms with van der Waals surface area (Å²) in [6, 6.07) is 4.63. The standard InChI is InChI=1S/C21H18ClF2N5O3/c1-10-13(7-25)5-14(22)6-16(10)32-17-18(21(4,23)24)26-9-29(20(17)31)8-15-11(2)27-12(3)28-19(15)30/h5-6,9H,8H2,1-4H3,(H,27,28,30). The van der Waals surface area contributed by atoms with Crippen LogP contribution in [0.2, 0.25) is 5.02 Å². The van der Waals surface area contributed by atoms with Gasteiger partial charge in [0.05, 0.1) is 30.1 Å². The van der Waals surface area contributed by atoms with Crippen LogP contribution in [0.1, 0.15) is 40.8 Å². The maximum Gasteiger partial charge on any atom is 0.297 e. The first-order chi connectivity index (χ1) is 14.9. The van der Waals surface area contributed by atoms with Crippen molar-refractivity contribution in [2.24, 2.45) is 0 Å². The molecular formula is C21H18ClF2N5O3. The summed E-state index contributed by atoms with van der Waals surface area (Å²) >= 11 is 6.00. The molecule has 3 rings (SSSR count). The molecule has 0 fully saturated rings. The molecule has 0 aliphatic heterocycles. The highest BCUT2D eigenvalue weighted by Gasteiger charge is 2.34. The predicted molar refractivity (Wildman–Crippen MR) is 112 cm³/mol. The van der Waals surface area contributed by atoms with Gasteiger partial charge in [0.1, 0.15) is 11.6 Å². The fourth-order valence-corrected chi connectivity index (χ4v) is 3.29. The third-order valence-electron chi connectivity index (χ3n) is 4.74. The number of aromatic amines is 1. The van der Waals surface area contributed by atoms with Crippen molar-refractivity contribution in [2.75, 3.05) is 0 Å². The number of ether oxygens (including phenoxy) is 1. The number of nitriles is 1. The molecular weight excluding hydrogens is 444 g/mol. The first-order valence-electron chi connectivity index (χ1n) is 9.34. The zero-order chi connectivity index (χ0) is 23.8. The van der Waals surface area contributed by atoms with E-state index in [1.54, 1.807) is 13.8 Å². The Balaban J connectivity index is 2.18. The quantitative estimate of drug-likeness (QED) is 0.619. The molecule has 8 nitrogen and oxygen atoms in total. The molecule has 32 heavy (non-hydrogen) atoms. The van der Waals surface area contributed by atoms with Gasteiger partial charge in [-0.15, -0.1) is 0 Å². The van der Waals surface area contributed by atoms with E-state index in [1.807, 2.05) is 6.07 Å². The molecule has 0 unspecified atom stereocenters. The third kappa shape index (κ3) is 4.53. The number of alkyl halides is 2. The average molecular weight is 462 g/mol. The van der Waals surface area contributed by atoms with Crippen LogP contribution < -0.4 is 15.9 Å². The molecule has 0 amide bonds. The predicted octanol–water partition coefficient (Wildman–Crippen LogP) is 3.73. The summed E-state index contributed by atoms with van der Waals surface area (Å²) in [7, 11) is 0. The minimum absolute atomic E-state index is 0.0396. The van der Waals surface area contributed by atoms with E-state index in [1.165, 1.54) is 19.1 Å². The van der Waals surface area contributed by atoms with Crippen LogP contribution in [-0.2, 0) is 12.5 Å². The SMILES string of the molecule is Cc1nc(C)c(Cn2cnc(C(C)(F)F)c(Oc3cc(Cl)cc(C#N)c3C)c2=O)c(=O)[nH]1. The number of nitrogens with zero attached hydrogens (tertiary/aromatic N) is 4. The average Bonchev–Trinajstić information content (AvgIpc) is 2.68. The molecule has 0 spiro atoms. The van der Waals surface area contributed by atoms with Crippen molar-refractivity contribution in [1.82, 2.24) is 19.5 Å². The number of hydrogen-bond acceptors (Lipinski definition) is 6. The Morgan fingerprint density at radius 1 is 1.28 bits per heavy atom. The summed E-state index contributed by atoms with van der Waals surface area (Å²) < 4.78 is 35.0. The topological polar surface area (TPSA) is 114 Å². The molecule has 1 aromatic carbocycles. The lowest BCUT2D eigenvalue weighted by Crippen LogP contribution is -2.29. The van der Waals surface area contributed by atoms with E-state index in [-0.39, 0.29) is 28.4 Å². The zero-order valence-electron chi connectivity index (χ0n) is 17.6. The van der Waals surface area contributed by atoms with Crippen molar-refractivity contribution in [1.29, 1.82) is 5.26 Å². The van der Waals surface area contributed by atoms with Gasteiger partial charge in [0, 0.05) is 23.2 Å². The fourth-order valence-electron chi connectivity index (χ4n) is 3.08. The van der Waals surface area contributed by atoms with Crippen molar-refractivity contribution < 1.29 is 13.5 Å². The van der Waals surface area contributed by atoms with E-state index in [4.69, 9.17) is 16.3 Å². The number of H-pyrrole nitrogens is 1. The molecule has 0 aliphatic carbocycles. The highest BCUT2D eigenvalue weighted by Crippen LogP contribution is 2.35. The second-order valence-corrected chi connectivity index (χ2v) is 7.69. The molecule has 0 bridgehead atoms. The molecule has 1 N–H and O–H groups in total. The minimum Gasteiger partial charge on any atom is -0.449 e. The molecule has 3 aromatic rings. The van der Waals surface area contributed by atoms with Gasteiger partial charge in [0.2, 0.25) is 5.75 Å². The summed E-state index contributed by atoms with van der Waals surface area (Å²) in [4.78, 5) is 35.9. The summed E-state index contributed by atoms with van der Waals surface area (Å²) in [6.45, 7) is 5.06. The van der Waals surface area contributed by atoms with Crippen LogP contribution in [0.15, 0.2) is 28.0 Å². The summed E-state index contributed by atoms with van der Waals surface area (Å²) in [6.07, 6.45) is 0.923. The van der Waals surface area contributed by atoms with E-state index in [0.717, 1.165) is 10.9 Å². The summed E-state index contributed by atoms with van der Waals surface area (Å²) in [5, 5.41) is 9.38. The first-order valence-corrected chi connectivity index (χ1v) is 9.72. The largest absolute Gasteiger partial charge is 0.449 e. The van der Waals surface area contributed by atoms with Gasteiger partial charge in [-0.1, -0.05) is 11.6 Å². The third-order valence-corrected chi connectivity index (χ3v) is 4.96. The number of aryl methyl sites for hydroxylation is 2. The number of nitrogens with one attached hydrogen (secondary N) is 1. The number of aromatic nitrogens is 4. The molecule has 0 saturated heterocycles. The van der Waals surface area contributed by atoms with Gasteiger partial charge in [-0.3, -0.25) is 14.2 Å². The van der Waals surface area contributed by atoms with Crippen molar-refractivity contribution in [2.45, 2.75) is 40.2 Å². The molecule has 0 saturated carbocycles. The number of benzene rings is 1. The minimum atomic E-state index is -3.50. The molecule has 2 heterocycles. The van der Waals surface area contributed by atoms with Crippen LogP contribution in [-0.4, -0.2) is 19.5 Å². The monoisotopic (exact) mass is 461 g/mol. The zero-order valence-corrected chi connectivity index (χ0v) is 18.3. The van der Waals surface area contributed by atoms with Gasteiger partial charge < -0.3 is 9.72 Å². The Morgan fingerprint density at radius 2 is 1.97 bits per heavy atom. The fraction of sp³-hybridized carbons (Fsp3) is 0.286. The second kappa shape index (κ2) is 8.51. The van der Waals surface area contributed by atoms with E-state index in [0.29, 0.717) is 24.0 Å². The molecule has 166 valence electrons. The lowest BCUT2D eigenvalue weighted by atomic mass is 10.1. The Morgan fingerprint density at radius 3 is 2.56 bits per heavy atom. The normalized spacial score (nSPS) is 11.3. The van der Waals surface area contributed by atoms with E-state index < -0.39 is 28.5 Å². The van der Waals surface area contributed by atoms with Crippen LogP contribution in [0, 0.1) is 32.1 Å². The maximum absolute atomic E-state index is 14.2. The molecule has 0 radical (unpaired) electrons. The Kier molecular flexibility index (Phi) is 6.14. The molecule has 2 aromatic heterocycles. The van der Waals surface area contributed by atoms with Gasteiger partial charge in [0.15, 0.2) is 5.69 Å². The van der Waals surface area contributed by atoms with Crippen molar-refractivity contribution >= 4 is 11.6 Å². The Hall–Kier alpha value is -3.58. The molecule has 11 heteroatoms. The van der Waals surface area contributed by atoms with Gasteiger partial charge in [-0.25, -0.2) is 9.97 Å². The summed E-state index contributed by atoms with van der Waals surface area (Å²) in [5.74, 6) is -3.88. The highest BCUT2D eigenvalue weighted by molar-refractivity contribution is 6.30. The number of halogens is 3. The molecule has 0 atom stereocenters. The van der Waals surface area contributed by atoms with E-state index >= 15 is 0 Å². The first kappa shape index (κ1) is 23.1. The second-order valence-electron chi connectivity index (χ2n) is 7.25. The van der Waals surface area contributed by atoms with Gasteiger partial charge in [-0.2, -0.15) is 14.0 Å². The lowest BCUT2D eigenvalue weighted by Gasteiger charge is -2.18. The van der Waals surface area contributed by atoms with E-state index in [9.17, 15) is 23.6 Å². The number of rotatable bonds is 5. The molecule has 0 aliphatic rings. The van der Waals surface area contributed by atoms with Gasteiger partial charge in [-0.05, 0) is 32.9 Å². The van der Waals surface area contributed by atoms with Crippen LogP contribution in [0.4, 0.5) is 8.78 Å². The lowest BCUT2D eigenvalue weighted by molar-refractivity contribution is 0.0101. The van der Waals surface area contributed by atoms with Crippen molar-refractivity contribution in [3.8, 4) is 17.6 Å².